The molecule has 5 aliphatic carbocycles. The summed E-state index contributed by atoms with van der Waals surface area (Å²) in [6.45, 7) is 7.27. The van der Waals surface area contributed by atoms with Crippen LogP contribution in [0.1, 0.15) is 46.5 Å². The fourth-order valence-electron chi connectivity index (χ4n) is 7.06. The molecule has 0 N–H and O–H groups in total. The summed E-state index contributed by atoms with van der Waals surface area (Å²) in [6.07, 6.45) is 3.92. The van der Waals surface area contributed by atoms with E-state index in [0.29, 0.717) is 28.6 Å². The van der Waals surface area contributed by atoms with Gasteiger partial charge in [0.25, 0.3) is 0 Å². The summed E-state index contributed by atoms with van der Waals surface area (Å²) in [7, 11) is 0. The smallest absolute Gasteiger partial charge is 0.144 e. The SMILES string of the molecule is CC1(C)[C@H]2CC[C@]1(C)C1=C2[C@H]2C[C@H]1[C@H]1C(=O)CC(=O)[C@H]12. The third kappa shape index (κ3) is 0.899. The molecule has 0 aromatic carbocycles. The lowest BCUT2D eigenvalue weighted by atomic mass is 9.63. The van der Waals surface area contributed by atoms with Gasteiger partial charge in [-0.05, 0) is 47.8 Å². The topological polar surface area (TPSA) is 34.1 Å². The average Bonchev–Trinajstić information content (AvgIpc) is 3.07. The van der Waals surface area contributed by atoms with E-state index in [1.165, 1.54) is 12.8 Å². The Labute approximate surface area is 120 Å². The summed E-state index contributed by atoms with van der Waals surface area (Å²) in [5, 5.41) is 0. The van der Waals surface area contributed by atoms with Crippen LogP contribution in [0.3, 0.4) is 0 Å². The highest BCUT2D eigenvalue weighted by Crippen LogP contribution is 2.77. The quantitative estimate of drug-likeness (QED) is 0.385. The molecular weight excluding hydrogens is 248 g/mol. The van der Waals surface area contributed by atoms with Gasteiger partial charge in [-0.3, -0.25) is 9.59 Å². The lowest BCUT2D eigenvalue weighted by Crippen LogP contribution is -2.34. The van der Waals surface area contributed by atoms with Crippen molar-refractivity contribution in [3.63, 3.8) is 0 Å². The molecule has 2 nitrogen and oxygen atoms in total. The predicted molar refractivity (Wildman–Crippen MR) is 74.8 cm³/mol. The van der Waals surface area contributed by atoms with E-state index in [0.717, 1.165) is 6.42 Å². The number of hydrogen-bond acceptors (Lipinski definition) is 2. The lowest BCUT2D eigenvalue weighted by Gasteiger charge is -2.40. The van der Waals surface area contributed by atoms with Gasteiger partial charge in [0.2, 0.25) is 0 Å². The zero-order chi connectivity index (χ0) is 14.0. The second-order valence-corrected chi connectivity index (χ2v) is 8.62. The third-order valence-electron chi connectivity index (χ3n) is 8.13. The minimum atomic E-state index is 0.0678. The summed E-state index contributed by atoms with van der Waals surface area (Å²) in [4.78, 5) is 24.5. The maximum atomic E-state index is 12.3. The van der Waals surface area contributed by atoms with Gasteiger partial charge in [0.1, 0.15) is 11.6 Å². The Morgan fingerprint density at radius 2 is 1.65 bits per heavy atom. The van der Waals surface area contributed by atoms with Gasteiger partial charge in [-0.1, -0.05) is 31.9 Å². The normalized spacial score (nSPS) is 54.0. The molecule has 106 valence electrons. The van der Waals surface area contributed by atoms with Crippen molar-refractivity contribution >= 4 is 11.6 Å². The molecule has 0 aromatic rings. The molecule has 3 saturated carbocycles. The minimum absolute atomic E-state index is 0.0678. The molecule has 3 fully saturated rings. The number of carbonyl (C=O) groups is 2. The Morgan fingerprint density at radius 3 is 2.35 bits per heavy atom. The molecule has 0 aromatic heterocycles. The van der Waals surface area contributed by atoms with Crippen molar-refractivity contribution in [2.45, 2.75) is 46.5 Å². The van der Waals surface area contributed by atoms with Gasteiger partial charge in [0, 0.05) is 11.8 Å². The van der Waals surface area contributed by atoms with Crippen LogP contribution in [-0.4, -0.2) is 11.6 Å². The van der Waals surface area contributed by atoms with Gasteiger partial charge in [-0.2, -0.15) is 0 Å². The van der Waals surface area contributed by atoms with Gasteiger partial charge < -0.3 is 0 Å². The monoisotopic (exact) mass is 270 g/mol. The number of hydrogen-bond donors (Lipinski definition) is 0. The van der Waals surface area contributed by atoms with Crippen molar-refractivity contribution in [3.05, 3.63) is 11.1 Å². The van der Waals surface area contributed by atoms with Gasteiger partial charge in [-0.15, -0.1) is 0 Å². The first-order valence-corrected chi connectivity index (χ1v) is 8.18. The molecule has 0 heterocycles. The van der Waals surface area contributed by atoms with Crippen molar-refractivity contribution in [3.8, 4) is 0 Å². The standard InChI is InChI=1S/C18H22O2/c1-17(2)10-4-5-18(17,3)16-9-6-8(13(10)16)14-11(19)7-12(20)15(9)14/h8-10,14-15H,4-7H2,1-3H3/t8-,9+,10+,14-,15+,18-/m1/s1. The number of rotatable bonds is 0. The van der Waals surface area contributed by atoms with Crippen LogP contribution in [0.15, 0.2) is 11.1 Å². The first-order valence-electron chi connectivity index (χ1n) is 8.18. The summed E-state index contributed by atoms with van der Waals surface area (Å²) >= 11 is 0. The van der Waals surface area contributed by atoms with Gasteiger partial charge in [0.15, 0.2) is 0 Å². The van der Waals surface area contributed by atoms with E-state index in [1.54, 1.807) is 11.1 Å². The second kappa shape index (κ2) is 2.98. The number of carbonyl (C=O) groups excluding carboxylic acids is 2. The van der Waals surface area contributed by atoms with Crippen LogP contribution in [-0.2, 0) is 9.59 Å². The van der Waals surface area contributed by atoms with Crippen molar-refractivity contribution in [2.75, 3.05) is 0 Å². The molecule has 2 heteroatoms. The average molecular weight is 270 g/mol. The Balaban J connectivity index is 1.71. The predicted octanol–water partition coefficient (Wildman–Crippen LogP) is 3.16. The van der Waals surface area contributed by atoms with Crippen molar-refractivity contribution < 1.29 is 9.59 Å². The second-order valence-electron chi connectivity index (χ2n) is 8.62. The number of fused-ring (bicyclic) bond motifs is 11. The van der Waals surface area contributed by atoms with Crippen LogP contribution >= 0.6 is 0 Å². The fraction of sp³-hybridized carbons (Fsp3) is 0.778. The van der Waals surface area contributed by atoms with E-state index in [4.69, 9.17) is 0 Å². The number of allylic oxidation sites excluding steroid dienone is 2. The third-order valence-corrected chi connectivity index (χ3v) is 8.13. The van der Waals surface area contributed by atoms with E-state index in [-0.39, 0.29) is 29.8 Å². The molecule has 0 radical (unpaired) electrons. The highest BCUT2D eigenvalue weighted by atomic mass is 16.2. The number of Topliss-reactive ketones (excluding diaryl/α,β-unsaturated/α-hetero) is 2. The Kier molecular flexibility index (Phi) is 1.74. The Bertz CT molecular complexity index is 611. The number of ketones is 2. The van der Waals surface area contributed by atoms with Crippen LogP contribution in [0.5, 0.6) is 0 Å². The zero-order valence-electron chi connectivity index (χ0n) is 12.5. The van der Waals surface area contributed by atoms with E-state index in [9.17, 15) is 9.59 Å². The molecule has 4 bridgehead atoms. The molecular formula is C18H22O2. The van der Waals surface area contributed by atoms with Crippen molar-refractivity contribution in [1.29, 1.82) is 0 Å². The van der Waals surface area contributed by atoms with Gasteiger partial charge in [-0.25, -0.2) is 0 Å². The van der Waals surface area contributed by atoms with E-state index in [1.807, 2.05) is 0 Å². The maximum absolute atomic E-state index is 12.3. The van der Waals surface area contributed by atoms with Crippen molar-refractivity contribution in [2.24, 2.45) is 40.4 Å². The zero-order valence-corrected chi connectivity index (χ0v) is 12.5. The molecule has 0 spiro atoms. The van der Waals surface area contributed by atoms with Gasteiger partial charge >= 0.3 is 0 Å². The lowest BCUT2D eigenvalue weighted by molar-refractivity contribution is -0.123. The molecule has 5 aliphatic rings. The van der Waals surface area contributed by atoms with E-state index < -0.39 is 0 Å². The maximum Gasteiger partial charge on any atom is 0.144 e. The molecule has 0 amide bonds. The molecule has 0 aliphatic heterocycles. The largest absolute Gasteiger partial charge is 0.299 e. The van der Waals surface area contributed by atoms with E-state index >= 15 is 0 Å². The van der Waals surface area contributed by atoms with Crippen molar-refractivity contribution in [1.82, 2.24) is 0 Å². The van der Waals surface area contributed by atoms with E-state index in [2.05, 4.69) is 20.8 Å². The van der Waals surface area contributed by atoms with Crippen LogP contribution in [0.25, 0.3) is 0 Å². The highest BCUT2D eigenvalue weighted by Gasteiger charge is 2.71. The summed E-state index contributed by atoms with van der Waals surface area (Å²) in [5.74, 6) is 2.19. The summed E-state index contributed by atoms with van der Waals surface area (Å²) in [6, 6.07) is 0. The van der Waals surface area contributed by atoms with Crippen LogP contribution in [0.2, 0.25) is 0 Å². The first-order chi connectivity index (χ1) is 9.38. The van der Waals surface area contributed by atoms with Crippen LogP contribution in [0.4, 0.5) is 0 Å². The molecule has 6 atom stereocenters. The van der Waals surface area contributed by atoms with Crippen LogP contribution < -0.4 is 0 Å². The minimum Gasteiger partial charge on any atom is -0.299 e. The Morgan fingerprint density at radius 1 is 1.00 bits per heavy atom. The summed E-state index contributed by atoms with van der Waals surface area (Å²) in [5.41, 5.74) is 3.92. The van der Waals surface area contributed by atoms with Gasteiger partial charge in [0.05, 0.1) is 6.42 Å². The highest BCUT2D eigenvalue weighted by molar-refractivity contribution is 6.10. The molecule has 20 heavy (non-hydrogen) atoms. The van der Waals surface area contributed by atoms with Crippen LogP contribution in [0, 0.1) is 40.4 Å². The summed E-state index contributed by atoms with van der Waals surface area (Å²) < 4.78 is 0. The molecule has 0 unspecified atom stereocenters. The molecule has 0 saturated heterocycles. The molecule has 5 rings (SSSR count). The first kappa shape index (κ1) is 11.7. The Hall–Kier alpha value is -0.920. The fourth-order valence-corrected chi connectivity index (χ4v) is 7.06.